The van der Waals surface area contributed by atoms with Gasteiger partial charge < -0.3 is 0 Å². The molecule has 1 heteroatoms. The maximum absolute atomic E-state index is 2.24. The van der Waals surface area contributed by atoms with Gasteiger partial charge in [-0.3, -0.25) is 0 Å². The van der Waals surface area contributed by atoms with Crippen LogP contribution in [0.1, 0.15) is 24.0 Å². The molecule has 0 amide bonds. The number of benzene rings is 2. The Bertz CT molecular complexity index is 341. The van der Waals surface area contributed by atoms with Crippen LogP contribution in [0.4, 0.5) is 0 Å². The van der Waals surface area contributed by atoms with Crippen molar-refractivity contribution < 1.29 is 32.7 Å². The Labute approximate surface area is 117 Å². The number of hydrogen-bond donors (Lipinski definition) is 0. The van der Waals surface area contributed by atoms with Crippen LogP contribution in [0.3, 0.4) is 0 Å². The molecule has 0 heterocycles. The molecule has 2 aromatic carbocycles. The summed E-state index contributed by atoms with van der Waals surface area (Å²) in [6, 6.07) is 21.2. The third-order valence-corrected chi connectivity index (χ3v) is 2.60. The maximum atomic E-state index is 2.24. The molecule has 0 aliphatic rings. The van der Waals surface area contributed by atoms with E-state index in [2.05, 4.69) is 67.6 Å². The minimum Gasteiger partial charge on any atom is -0.0622 e. The summed E-state index contributed by atoms with van der Waals surface area (Å²) >= 11 is 0. The molecule has 0 bridgehead atoms. The molecule has 0 nitrogen and oxygen atoms in total. The van der Waals surface area contributed by atoms with Crippen LogP contribution in [0.5, 0.6) is 0 Å². The summed E-state index contributed by atoms with van der Waals surface area (Å²) in [5, 5.41) is 0. The second kappa shape index (κ2) is 6.20. The molecule has 0 aliphatic heterocycles. The third kappa shape index (κ3) is 3.26. The van der Waals surface area contributed by atoms with Crippen molar-refractivity contribution in [1.29, 1.82) is 0 Å². The van der Waals surface area contributed by atoms with Crippen molar-refractivity contribution in [2.24, 2.45) is 0 Å². The second-order valence-electron chi connectivity index (χ2n) is 3.54. The van der Waals surface area contributed by atoms with Crippen molar-refractivity contribution in [3.8, 4) is 0 Å². The zero-order valence-electron chi connectivity index (χ0n) is 8.93. The Morgan fingerprint density at radius 3 is 1.33 bits per heavy atom. The van der Waals surface area contributed by atoms with Crippen LogP contribution in [0, 0.1) is 0 Å². The summed E-state index contributed by atoms with van der Waals surface area (Å²) in [6.45, 7) is 2.24. The third-order valence-electron chi connectivity index (χ3n) is 2.60. The van der Waals surface area contributed by atoms with Gasteiger partial charge in [0, 0.05) is 38.6 Å². The van der Waals surface area contributed by atoms with Crippen molar-refractivity contribution in [1.82, 2.24) is 0 Å². The molecule has 0 saturated carbocycles. The zero-order valence-corrected chi connectivity index (χ0v) is 11.8. The van der Waals surface area contributed by atoms with E-state index in [1.165, 1.54) is 11.1 Å². The van der Waals surface area contributed by atoms with Crippen LogP contribution in [-0.4, -0.2) is 0 Å². The topological polar surface area (TPSA) is 0 Å². The van der Waals surface area contributed by atoms with Gasteiger partial charge in [-0.05, 0) is 11.1 Å². The zero-order chi connectivity index (χ0) is 9.80. The smallest absolute Gasteiger partial charge is 0.00610 e. The van der Waals surface area contributed by atoms with Crippen LogP contribution in [0.25, 0.3) is 0 Å². The Balaban J connectivity index is 0.00000112. The summed E-state index contributed by atoms with van der Waals surface area (Å²) in [6.07, 6.45) is 0. The molecule has 0 saturated heterocycles. The van der Waals surface area contributed by atoms with Gasteiger partial charge in [0.1, 0.15) is 0 Å². The summed E-state index contributed by atoms with van der Waals surface area (Å²) in [7, 11) is 0. The first-order valence-electron chi connectivity index (χ1n) is 4.98. The summed E-state index contributed by atoms with van der Waals surface area (Å²) in [5.41, 5.74) is 2.75. The molecule has 0 spiro atoms. The molecular formula is C14H14Y. The molecule has 15 heavy (non-hydrogen) atoms. The van der Waals surface area contributed by atoms with Crippen molar-refractivity contribution in [3.05, 3.63) is 71.8 Å². The van der Waals surface area contributed by atoms with E-state index in [0.29, 0.717) is 5.92 Å². The Morgan fingerprint density at radius 2 is 1.00 bits per heavy atom. The first-order chi connectivity index (χ1) is 6.88. The average molecular weight is 271 g/mol. The van der Waals surface area contributed by atoms with Gasteiger partial charge in [0.15, 0.2) is 0 Å². The van der Waals surface area contributed by atoms with Gasteiger partial charge in [0.2, 0.25) is 0 Å². The molecule has 0 fully saturated rings. The van der Waals surface area contributed by atoms with E-state index in [0.717, 1.165) is 0 Å². The van der Waals surface area contributed by atoms with Gasteiger partial charge in [-0.1, -0.05) is 67.6 Å². The molecule has 0 aromatic heterocycles. The fraction of sp³-hybridized carbons (Fsp3) is 0.143. The number of hydrogen-bond acceptors (Lipinski definition) is 0. The quantitative estimate of drug-likeness (QED) is 0.778. The van der Waals surface area contributed by atoms with Crippen molar-refractivity contribution in [3.63, 3.8) is 0 Å². The van der Waals surface area contributed by atoms with Crippen molar-refractivity contribution in [2.45, 2.75) is 12.8 Å². The van der Waals surface area contributed by atoms with Crippen LogP contribution in [-0.2, 0) is 32.7 Å². The number of rotatable bonds is 2. The van der Waals surface area contributed by atoms with E-state index in [1.54, 1.807) is 0 Å². The fourth-order valence-electron chi connectivity index (χ4n) is 1.68. The van der Waals surface area contributed by atoms with Crippen LogP contribution < -0.4 is 0 Å². The van der Waals surface area contributed by atoms with E-state index in [1.807, 2.05) is 0 Å². The monoisotopic (exact) mass is 271 g/mol. The van der Waals surface area contributed by atoms with E-state index < -0.39 is 0 Å². The van der Waals surface area contributed by atoms with Gasteiger partial charge in [0.25, 0.3) is 0 Å². The van der Waals surface area contributed by atoms with Gasteiger partial charge in [-0.25, -0.2) is 0 Å². The van der Waals surface area contributed by atoms with E-state index in [-0.39, 0.29) is 32.7 Å². The van der Waals surface area contributed by atoms with Gasteiger partial charge in [-0.15, -0.1) is 0 Å². The minimum atomic E-state index is 0. The molecule has 2 rings (SSSR count). The second-order valence-corrected chi connectivity index (χ2v) is 3.54. The van der Waals surface area contributed by atoms with Crippen LogP contribution in [0.2, 0.25) is 0 Å². The molecule has 0 atom stereocenters. The summed E-state index contributed by atoms with van der Waals surface area (Å²) in [5.74, 6) is 0.484. The standard InChI is InChI=1S/C14H14.Y/c1-12(13-8-4-2-5-9-13)14-10-6-3-7-11-14;/h2-12H,1H3;. The van der Waals surface area contributed by atoms with Crippen LogP contribution >= 0.6 is 0 Å². The van der Waals surface area contributed by atoms with Gasteiger partial charge in [-0.2, -0.15) is 0 Å². The van der Waals surface area contributed by atoms with Crippen molar-refractivity contribution >= 4 is 0 Å². The van der Waals surface area contributed by atoms with Gasteiger partial charge >= 0.3 is 0 Å². The first-order valence-corrected chi connectivity index (χ1v) is 4.98. The largest absolute Gasteiger partial charge is 0.0622 e. The molecule has 0 N–H and O–H groups in total. The Hall–Kier alpha value is -0.456. The SMILES string of the molecule is CC(c1ccccc1)c1ccccc1.[Y]. The average Bonchev–Trinajstić information content (AvgIpc) is 2.30. The predicted octanol–water partition coefficient (Wildman–Crippen LogP) is 3.84. The van der Waals surface area contributed by atoms with E-state index in [9.17, 15) is 0 Å². The van der Waals surface area contributed by atoms with Crippen molar-refractivity contribution in [2.75, 3.05) is 0 Å². The fourth-order valence-corrected chi connectivity index (χ4v) is 1.68. The summed E-state index contributed by atoms with van der Waals surface area (Å²) < 4.78 is 0. The predicted molar refractivity (Wildman–Crippen MR) is 60.4 cm³/mol. The van der Waals surface area contributed by atoms with Gasteiger partial charge in [0.05, 0.1) is 0 Å². The molecular weight excluding hydrogens is 257 g/mol. The first kappa shape index (κ1) is 12.6. The van der Waals surface area contributed by atoms with E-state index >= 15 is 0 Å². The normalized spacial score (nSPS) is 9.73. The maximum Gasteiger partial charge on any atom is 0.00610 e. The van der Waals surface area contributed by atoms with Crippen LogP contribution in [0.15, 0.2) is 60.7 Å². The summed E-state index contributed by atoms with van der Waals surface area (Å²) in [4.78, 5) is 0. The Kier molecular flexibility index (Phi) is 5.21. The minimum absolute atomic E-state index is 0. The molecule has 2 aromatic rings. The Morgan fingerprint density at radius 1 is 0.667 bits per heavy atom. The molecule has 0 aliphatic carbocycles. The van der Waals surface area contributed by atoms with E-state index in [4.69, 9.17) is 0 Å². The molecule has 0 unspecified atom stereocenters. The molecule has 73 valence electrons. The molecule has 1 radical (unpaired) electrons.